The second kappa shape index (κ2) is 5.62. The smallest absolute Gasteiger partial charge is 0.248 e. The zero-order valence-electron chi connectivity index (χ0n) is 10.8. The van der Waals surface area contributed by atoms with Gasteiger partial charge in [-0.2, -0.15) is 0 Å². The normalized spacial score (nSPS) is 10.1. The van der Waals surface area contributed by atoms with E-state index in [1.807, 2.05) is 6.92 Å². The fourth-order valence-corrected chi connectivity index (χ4v) is 1.73. The molecule has 1 aromatic heterocycles. The fourth-order valence-electron chi connectivity index (χ4n) is 1.63. The van der Waals surface area contributed by atoms with Gasteiger partial charge in [0.15, 0.2) is 0 Å². The van der Waals surface area contributed by atoms with Crippen LogP contribution in [0.25, 0.3) is 0 Å². The predicted molar refractivity (Wildman–Crippen MR) is 80.9 cm³/mol. The standard InChI is InChI=1S/C13H13N5OS/c1-7-5-10(12(15)20)18-13(16-7)17-9-4-2-3-8(6-9)11(14)19/h2-6H,1H3,(H2,14,19)(H2,15,20)(H,16,17,18). The van der Waals surface area contributed by atoms with Gasteiger partial charge in [0, 0.05) is 16.9 Å². The molecule has 0 bridgehead atoms. The Morgan fingerprint density at radius 2 is 2.00 bits per heavy atom. The molecule has 6 nitrogen and oxygen atoms in total. The summed E-state index contributed by atoms with van der Waals surface area (Å²) in [5.41, 5.74) is 13.1. The maximum atomic E-state index is 11.1. The molecule has 0 atom stereocenters. The van der Waals surface area contributed by atoms with Crippen LogP contribution in [0.15, 0.2) is 30.3 Å². The molecule has 1 heterocycles. The Kier molecular flexibility index (Phi) is 3.90. The summed E-state index contributed by atoms with van der Waals surface area (Å²) in [4.78, 5) is 19.8. The number of benzene rings is 1. The first-order valence-corrected chi connectivity index (χ1v) is 6.19. The average Bonchev–Trinajstić information content (AvgIpc) is 2.38. The Morgan fingerprint density at radius 1 is 1.25 bits per heavy atom. The van der Waals surface area contributed by atoms with Crippen LogP contribution >= 0.6 is 12.2 Å². The summed E-state index contributed by atoms with van der Waals surface area (Å²) in [7, 11) is 0. The third-order valence-electron chi connectivity index (χ3n) is 2.51. The Bertz CT molecular complexity index is 686. The summed E-state index contributed by atoms with van der Waals surface area (Å²) < 4.78 is 0. The highest BCUT2D eigenvalue weighted by molar-refractivity contribution is 7.80. The third-order valence-corrected chi connectivity index (χ3v) is 2.72. The number of aromatic nitrogens is 2. The van der Waals surface area contributed by atoms with E-state index in [0.29, 0.717) is 22.9 Å². The largest absolute Gasteiger partial charge is 0.388 e. The lowest BCUT2D eigenvalue weighted by Crippen LogP contribution is -2.14. The minimum absolute atomic E-state index is 0.199. The van der Waals surface area contributed by atoms with Crippen LogP contribution in [-0.4, -0.2) is 20.9 Å². The number of hydrogen-bond donors (Lipinski definition) is 3. The molecule has 0 unspecified atom stereocenters. The van der Waals surface area contributed by atoms with E-state index in [1.54, 1.807) is 30.3 Å². The summed E-state index contributed by atoms with van der Waals surface area (Å²) in [5.74, 6) is -0.142. The molecular weight excluding hydrogens is 274 g/mol. The van der Waals surface area contributed by atoms with Gasteiger partial charge >= 0.3 is 0 Å². The first-order chi connectivity index (χ1) is 9.45. The van der Waals surface area contributed by atoms with Gasteiger partial charge in [-0.1, -0.05) is 18.3 Å². The van der Waals surface area contributed by atoms with Crippen molar-refractivity contribution in [2.24, 2.45) is 11.5 Å². The Labute approximate surface area is 121 Å². The first kappa shape index (κ1) is 13.9. The van der Waals surface area contributed by atoms with E-state index in [0.717, 1.165) is 5.69 Å². The summed E-state index contributed by atoms with van der Waals surface area (Å²) in [5, 5.41) is 2.99. The van der Waals surface area contributed by atoms with Crippen molar-refractivity contribution >= 4 is 34.7 Å². The van der Waals surface area contributed by atoms with Crippen molar-refractivity contribution in [2.75, 3.05) is 5.32 Å². The Morgan fingerprint density at radius 3 is 2.65 bits per heavy atom. The summed E-state index contributed by atoms with van der Waals surface area (Å²) in [6.45, 7) is 1.81. The number of hydrogen-bond acceptors (Lipinski definition) is 5. The molecule has 1 aromatic carbocycles. The number of nitrogens with two attached hydrogens (primary N) is 2. The molecule has 102 valence electrons. The van der Waals surface area contributed by atoms with Gasteiger partial charge in [-0.3, -0.25) is 4.79 Å². The number of rotatable bonds is 4. The van der Waals surface area contributed by atoms with Gasteiger partial charge < -0.3 is 16.8 Å². The zero-order chi connectivity index (χ0) is 14.7. The lowest BCUT2D eigenvalue weighted by atomic mass is 10.2. The summed E-state index contributed by atoms with van der Waals surface area (Å²) in [6.07, 6.45) is 0. The van der Waals surface area contributed by atoms with Crippen LogP contribution in [-0.2, 0) is 0 Å². The molecule has 0 radical (unpaired) electrons. The number of carbonyl (C=O) groups excluding carboxylic acids is 1. The zero-order valence-corrected chi connectivity index (χ0v) is 11.6. The van der Waals surface area contributed by atoms with Crippen LogP contribution in [0.1, 0.15) is 21.7 Å². The number of carbonyl (C=O) groups is 1. The molecule has 0 saturated carbocycles. The van der Waals surface area contributed by atoms with Crippen LogP contribution in [0.3, 0.4) is 0 Å². The highest BCUT2D eigenvalue weighted by Gasteiger charge is 2.06. The van der Waals surface area contributed by atoms with Gasteiger partial charge in [0.1, 0.15) is 10.7 Å². The van der Waals surface area contributed by atoms with E-state index in [2.05, 4.69) is 15.3 Å². The number of anilines is 2. The van der Waals surface area contributed by atoms with Gasteiger partial charge in [0.25, 0.3) is 0 Å². The van der Waals surface area contributed by atoms with E-state index in [-0.39, 0.29) is 4.99 Å². The predicted octanol–water partition coefficient (Wildman–Crippen LogP) is 1.26. The highest BCUT2D eigenvalue weighted by atomic mass is 32.1. The molecular formula is C13H13N5OS. The monoisotopic (exact) mass is 287 g/mol. The number of thiocarbonyl (C=S) groups is 1. The third kappa shape index (κ3) is 3.27. The van der Waals surface area contributed by atoms with E-state index in [4.69, 9.17) is 23.7 Å². The number of nitrogens with one attached hydrogen (secondary N) is 1. The number of primary amides is 1. The second-order valence-electron chi connectivity index (χ2n) is 4.15. The van der Waals surface area contributed by atoms with Crippen molar-refractivity contribution in [3.05, 3.63) is 47.3 Å². The van der Waals surface area contributed by atoms with Crippen LogP contribution in [0.5, 0.6) is 0 Å². The minimum Gasteiger partial charge on any atom is -0.388 e. The molecule has 0 fully saturated rings. The first-order valence-electron chi connectivity index (χ1n) is 5.78. The van der Waals surface area contributed by atoms with Crippen molar-refractivity contribution in [1.82, 2.24) is 9.97 Å². The number of aryl methyl sites for hydroxylation is 1. The number of nitrogens with zero attached hydrogens (tertiary/aromatic N) is 2. The van der Waals surface area contributed by atoms with Crippen LogP contribution in [0, 0.1) is 6.92 Å². The SMILES string of the molecule is Cc1cc(C(N)=S)nc(Nc2cccc(C(N)=O)c2)n1. The molecule has 7 heteroatoms. The van der Waals surface area contributed by atoms with Crippen LogP contribution < -0.4 is 16.8 Å². The quantitative estimate of drug-likeness (QED) is 0.731. The topological polar surface area (TPSA) is 107 Å². The summed E-state index contributed by atoms with van der Waals surface area (Å²) >= 11 is 4.90. The Hall–Kier alpha value is -2.54. The lowest BCUT2D eigenvalue weighted by Gasteiger charge is -2.08. The lowest BCUT2D eigenvalue weighted by molar-refractivity contribution is 0.100. The molecule has 0 aliphatic rings. The van der Waals surface area contributed by atoms with Gasteiger partial charge in [-0.15, -0.1) is 0 Å². The molecule has 0 aliphatic carbocycles. The average molecular weight is 287 g/mol. The molecule has 2 rings (SSSR count). The molecule has 2 aromatic rings. The fraction of sp³-hybridized carbons (Fsp3) is 0.0769. The van der Waals surface area contributed by atoms with Crippen LogP contribution in [0.4, 0.5) is 11.6 Å². The van der Waals surface area contributed by atoms with Crippen molar-refractivity contribution in [2.45, 2.75) is 6.92 Å². The molecule has 1 amide bonds. The minimum atomic E-state index is -0.498. The molecule has 0 aliphatic heterocycles. The molecule has 5 N–H and O–H groups in total. The Balaban J connectivity index is 2.32. The van der Waals surface area contributed by atoms with Crippen molar-refractivity contribution in [3.8, 4) is 0 Å². The van der Waals surface area contributed by atoms with E-state index in [9.17, 15) is 4.79 Å². The number of amides is 1. The van der Waals surface area contributed by atoms with E-state index >= 15 is 0 Å². The van der Waals surface area contributed by atoms with Gasteiger partial charge in [-0.25, -0.2) is 9.97 Å². The van der Waals surface area contributed by atoms with Crippen molar-refractivity contribution in [1.29, 1.82) is 0 Å². The second-order valence-corrected chi connectivity index (χ2v) is 4.59. The maximum Gasteiger partial charge on any atom is 0.248 e. The highest BCUT2D eigenvalue weighted by Crippen LogP contribution is 2.15. The van der Waals surface area contributed by atoms with Gasteiger partial charge in [0.05, 0.1) is 0 Å². The van der Waals surface area contributed by atoms with Crippen LogP contribution in [0.2, 0.25) is 0 Å². The maximum absolute atomic E-state index is 11.1. The van der Waals surface area contributed by atoms with Crippen molar-refractivity contribution < 1.29 is 4.79 Å². The molecule has 0 spiro atoms. The van der Waals surface area contributed by atoms with Gasteiger partial charge in [-0.05, 0) is 31.2 Å². The van der Waals surface area contributed by atoms with Crippen molar-refractivity contribution in [3.63, 3.8) is 0 Å². The van der Waals surface area contributed by atoms with Gasteiger partial charge in [0.2, 0.25) is 11.9 Å². The molecule has 20 heavy (non-hydrogen) atoms. The summed E-state index contributed by atoms with van der Waals surface area (Å²) in [6, 6.07) is 8.44. The molecule has 0 saturated heterocycles. The van der Waals surface area contributed by atoms with E-state index in [1.165, 1.54) is 0 Å². The van der Waals surface area contributed by atoms with E-state index < -0.39 is 5.91 Å².